The van der Waals surface area contributed by atoms with Crippen LogP contribution in [0.5, 0.6) is 0 Å². The standard InChI is InChI=1S/C53H48ClF10N8O14PS2/c1-50(2,88(3,81)82)16-15-31-11-12-32(43(65-31)37(20-27-18-29(55)21-30(56)19-27)66-40(74)23-71-47-41(46(68-71)53(62,63)64)34-22-35(34)52(47,60)61)33-13-14-36(54)42-38(67-72(45(33)42)25-51(57,58)59)24-89(83,84)69-39(73)10-7-17-70(49(77)85-26-86-87(78,79)80)44(48(75)76)28-8-5-4-6-9-28/h4-6,8-9,11-14,18-19,21,34-35,37,44H,7,10,17,20,22-26H2,1-3H3,(H,66,74)(H,69,73)(H,75,76)(H2,78,79,80)/t34-,35+,37-,44-/m0/s1. The number of carboxylic acid groups (broad SMARTS) is 1. The lowest BCUT2D eigenvalue weighted by Gasteiger charge is -2.28. The number of sulfone groups is 1. The lowest BCUT2D eigenvalue weighted by molar-refractivity contribution is -0.143. The van der Waals surface area contributed by atoms with E-state index in [0.717, 1.165) is 42.7 Å². The summed E-state index contributed by atoms with van der Waals surface area (Å²) < 4.78 is 222. The van der Waals surface area contributed by atoms with E-state index in [0.29, 0.717) is 11.0 Å². The van der Waals surface area contributed by atoms with Crippen molar-refractivity contribution < 1.29 is 109 Å². The molecule has 1 fully saturated rings. The van der Waals surface area contributed by atoms with Crippen LogP contribution in [0, 0.1) is 29.4 Å². The van der Waals surface area contributed by atoms with Crippen molar-refractivity contribution in [2.75, 3.05) is 19.6 Å². The number of nitrogens with zero attached hydrogens (tertiary/aromatic N) is 6. The Kier molecular flexibility index (Phi) is 18.9. The van der Waals surface area contributed by atoms with Crippen LogP contribution in [0.4, 0.5) is 48.7 Å². The molecule has 0 spiro atoms. The fraction of sp³-hybridized carbons (Fsp3) is 0.377. The number of hydrogen-bond donors (Lipinski definition) is 5. The Hall–Kier alpha value is -7.67. The quantitative estimate of drug-likeness (QED) is 0.0184. The van der Waals surface area contributed by atoms with Crippen LogP contribution in [0.1, 0.15) is 96.3 Å². The third-order valence-corrected chi connectivity index (χ3v) is 18.0. The van der Waals surface area contributed by atoms with E-state index in [1.165, 1.54) is 44.2 Å². The van der Waals surface area contributed by atoms with E-state index >= 15 is 8.78 Å². The Morgan fingerprint density at radius 3 is 2.18 bits per heavy atom. The van der Waals surface area contributed by atoms with Crippen LogP contribution < -0.4 is 10.0 Å². The summed E-state index contributed by atoms with van der Waals surface area (Å²) in [6, 6.07) is 9.53. The first-order chi connectivity index (χ1) is 41.1. The molecule has 8 rings (SSSR count). The molecule has 3 amide bonds. The van der Waals surface area contributed by atoms with E-state index in [1.54, 1.807) is 4.72 Å². The van der Waals surface area contributed by atoms with Gasteiger partial charge in [0, 0.05) is 53.3 Å². The van der Waals surface area contributed by atoms with Crippen molar-refractivity contribution in [2.24, 2.45) is 5.92 Å². The van der Waals surface area contributed by atoms with Crippen LogP contribution in [0.3, 0.4) is 0 Å². The van der Waals surface area contributed by atoms with Crippen LogP contribution in [0.2, 0.25) is 5.02 Å². The molecule has 4 atom stereocenters. The molecule has 0 unspecified atom stereocenters. The molecule has 0 aliphatic heterocycles. The zero-order valence-electron chi connectivity index (χ0n) is 46.0. The van der Waals surface area contributed by atoms with Crippen LogP contribution >= 0.6 is 19.4 Å². The van der Waals surface area contributed by atoms with E-state index in [9.17, 15) is 80.8 Å². The summed E-state index contributed by atoms with van der Waals surface area (Å²) in [7, 11) is -14.2. The molecule has 1 saturated carbocycles. The van der Waals surface area contributed by atoms with Gasteiger partial charge in [0.05, 0.1) is 28.0 Å². The number of carboxylic acids is 1. The maximum Gasteiger partial charge on any atom is 0.472 e. The van der Waals surface area contributed by atoms with E-state index in [2.05, 4.69) is 36.9 Å². The molecule has 36 heteroatoms. The predicted molar refractivity (Wildman–Crippen MR) is 291 cm³/mol. The smallest absolute Gasteiger partial charge is 0.472 e. The van der Waals surface area contributed by atoms with Crippen molar-refractivity contribution in [1.82, 2.24) is 39.5 Å². The zero-order valence-corrected chi connectivity index (χ0v) is 49.3. The summed E-state index contributed by atoms with van der Waals surface area (Å²) in [5.41, 5.74) is -6.97. The number of phosphoric acid groups is 1. The van der Waals surface area contributed by atoms with Gasteiger partial charge in [-0.25, -0.2) is 49.3 Å². The molecular weight excluding hydrogens is 1290 g/mol. The molecule has 2 aliphatic carbocycles. The lowest BCUT2D eigenvalue weighted by Crippen LogP contribution is -2.41. The lowest BCUT2D eigenvalue weighted by atomic mass is 9.93. The van der Waals surface area contributed by atoms with E-state index in [-0.39, 0.29) is 43.7 Å². The number of rotatable bonds is 22. The molecule has 6 aromatic rings. The fourth-order valence-corrected chi connectivity index (χ4v) is 11.7. The third kappa shape index (κ3) is 15.7. The minimum atomic E-state index is -5.27. The summed E-state index contributed by atoms with van der Waals surface area (Å²) in [6.07, 6.45) is -13.6. The number of alkyl halides is 8. The van der Waals surface area contributed by atoms with Crippen molar-refractivity contribution in [3.05, 3.63) is 135 Å². The monoisotopic (exact) mass is 1340 g/mol. The third-order valence-electron chi connectivity index (χ3n) is 14.1. The Labute approximate surface area is 502 Å². The van der Waals surface area contributed by atoms with Gasteiger partial charge in [0.1, 0.15) is 46.6 Å². The number of carbonyl (C=O) groups is 4. The summed E-state index contributed by atoms with van der Waals surface area (Å²) in [4.78, 5) is 76.3. The average Bonchev–Trinajstić information content (AvgIpc) is 1.53. The van der Waals surface area contributed by atoms with Crippen molar-refractivity contribution in [2.45, 2.75) is 99.4 Å². The fourth-order valence-electron chi connectivity index (χ4n) is 9.95. The van der Waals surface area contributed by atoms with Gasteiger partial charge in [-0.15, -0.1) is 0 Å². The molecule has 89 heavy (non-hydrogen) atoms. The Morgan fingerprint density at radius 2 is 1.57 bits per heavy atom. The zero-order chi connectivity index (χ0) is 65.7. The normalized spacial score (nSPS) is 16.4. The second kappa shape index (κ2) is 25.0. The van der Waals surface area contributed by atoms with Crippen LogP contribution in [-0.4, -0.2) is 116 Å². The number of sulfonamides is 1. The number of amides is 3. The number of benzene rings is 3. The number of halogens is 11. The van der Waals surface area contributed by atoms with Crippen molar-refractivity contribution in [3.8, 4) is 23.0 Å². The molecule has 0 bridgehead atoms. The van der Waals surface area contributed by atoms with Gasteiger partial charge < -0.3 is 24.9 Å². The summed E-state index contributed by atoms with van der Waals surface area (Å²) in [6.45, 7) is -3.02. The second-order valence-corrected chi connectivity index (χ2v) is 27.0. The van der Waals surface area contributed by atoms with E-state index in [1.807, 2.05) is 0 Å². The van der Waals surface area contributed by atoms with Gasteiger partial charge in [-0.05, 0) is 86.4 Å². The van der Waals surface area contributed by atoms with Crippen molar-refractivity contribution >= 4 is 74.1 Å². The highest BCUT2D eigenvalue weighted by Crippen LogP contribution is 2.68. The topological polar surface area (TPSA) is 309 Å². The van der Waals surface area contributed by atoms with Crippen LogP contribution in [-0.2, 0) is 85.4 Å². The number of fused-ring (bicyclic) bond motifs is 4. The molecule has 478 valence electrons. The molecule has 2 aliphatic rings. The SMILES string of the molecule is CC(C)(C#Cc1ccc(-c2ccc(Cl)c3c(CS(=O)(=O)NC(=O)CCCN(C(=O)OCOP(=O)(O)O)[C@H](C(=O)O)c4ccccc4)nn(CC(F)(F)F)c23)c([C@H](Cc2cc(F)cc(F)c2)NC(=O)Cn2nc(C(F)(F)F)c3c2C(F)(F)[C@@H]2C[C@H]32)n1)S(C)(=O)=O. The predicted octanol–water partition coefficient (Wildman–Crippen LogP) is 8.35. The van der Waals surface area contributed by atoms with Gasteiger partial charge in [0.2, 0.25) is 28.6 Å². The Morgan fingerprint density at radius 1 is 0.921 bits per heavy atom. The van der Waals surface area contributed by atoms with Crippen LogP contribution in [0.25, 0.3) is 22.0 Å². The van der Waals surface area contributed by atoms with E-state index in [4.69, 9.17) is 26.1 Å². The average molecular weight is 1340 g/mol. The number of pyridine rings is 1. The molecular formula is C53H48ClF10N8O14PS2. The summed E-state index contributed by atoms with van der Waals surface area (Å²) in [5, 5.41) is 18.8. The maximum atomic E-state index is 15.7. The van der Waals surface area contributed by atoms with Crippen molar-refractivity contribution in [3.63, 3.8) is 0 Å². The summed E-state index contributed by atoms with van der Waals surface area (Å²) in [5.74, 6) is -9.77. The highest BCUT2D eigenvalue weighted by Gasteiger charge is 2.68. The molecule has 5 N–H and O–H groups in total. The number of aliphatic carboxylic acids is 1. The molecule has 3 aromatic heterocycles. The molecule has 3 aromatic carbocycles. The molecule has 0 radical (unpaired) electrons. The highest BCUT2D eigenvalue weighted by molar-refractivity contribution is 7.92. The number of aromatic nitrogens is 5. The number of nitrogens with one attached hydrogen (secondary N) is 2. The molecule has 3 heterocycles. The van der Waals surface area contributed by atoms with Crippen LogP contribution in [0.15, 0.2) is 72.8 Å². The van der Waals surface area contributed by atoms with E-state index < -0.39 is 206 Å². The van der Waals surface area contributed by atoms with Crippen molar-refractivity contribution in [1.29, 1.82) is 0 Å². The minimum absolute atomic E-state index is 0.0268. The second-order valence-electron chi connectivity index (χ2n) is 21.0. The van der Waals surface area contributed by atoms with Gasteiger partial charge in [-0.2, -0.15) is 45.3 Å². The first-order valence-corrected chi connectivity index (χ1v) is 31.3. The van der Waals surface area contributed by atoms with Gasteiger partial charge in [0.15, 0.2) is 21.6 Å². The maximum absolute atomic E-state index is 15.7. The van der Waals surface area contributed by atoms with Gasteiger partial charge in [-0.1, -0.05) is 53.9 Å². The van der Waals surface area contributed by atoms with Gasteiger partial charge in [0.25, 0.3) is 5.92 Å². The number of ether oxygens (including phenoxy) is 1. The van der Waals surface area contributed by atoms with Gasteiger partial charge in [-0.3, -0.25) is 28.6 Å². The Balaban J connectivity index is 1.19. The van der Waals surface area contributed by atoms with Gasteiger partial charge >= 0.3 is 32.2 Å². The first-order valence-electron chi connectivity index (χ1n) is 25.9. The Bertz CT molecular complexity index is 4140. The summed E-state index contributed by atoms with van der Waals surface area (Å²) >= 11 is 6.65. The number of carbonyl (C=O) groups excluding carboxylic acids is 3. The largest absolute Gasteiger partial charge is 0.479 e. The number of hydrogen-bond acceptors (Lipinski definition) is 14. The highest BCUT2D eigenvalue weighted by atomic mass is 35.5. The molecule has 22 nitrogen and oxygen atoms in total. The minimum Gasteiger partial charge on any atom is -0.479 e. The molecule has 0 saturated heterocycles. The number of phosphoric ester groups is 1. The first kappa shape index (κ1) is 67.3.